The number of amides is 1. The molecule has 0 saturated heterocycles. The number of nitrogens with zero attached hydrogens (tertiary/aromatic N) is 2. The Balaban J connectivity index is 2.00. The minimum Gasteiger partial charge on any atom is -0.465 e. The van der Waals surface area contributed by atoms with Crippen LogP contribution < -0.4 is 10.6 Å². The molecule has 162 valence electrons. The summed E-state index contributed by atoms with van der Waals surface area (Å²) in [4.78, 5) is 11.4. The van der Waals surface area contributed by atoms with Crippen LogP contribution in [0.3, 0.4) is 0 Å². The molecule has 3 aromatic carbocycles. The number of carbonyl (C=O) groups is 1. The first-order valence-corrected chi connectivity index (χ1v) is 10.3. The molecule has 0 fully saturated rings. The zero-order chi connectivity index (χ0) is 22.4. The summed E-state index contributed by atoms with van der Waals surface area (Å²) in [6, 6.07) is 29.9. The van der Waals surface area contributed by atoms with Gasteiger partial charge >= 0.3 is 6.09 Å². The molecule has 0 bridgehead atoms. The Bertz CT molecular complexity index is 1070. The molecule has 1 amide bonds. The molecule has 4 N–H and O–H groups in total. The van der Waals surface area contributed by atoms with E-state index < -0.39 is 11.6 Å². The van der Waals surface area contributed by atoms with Crippen LogP contribution in [0.15, 0.2) is 97.2 Å². The molecule has 0 aliphatic heterocycles. The fraction of sp³-hybridized carbons (Fsp3) is 0.120. The van der Waals surface area contributed by atoms with Gasteiger partial charge in [0.25, 0.3) is 0 Å². The molecule has 0 aliphatic carbocycles. The topological polar surface area (TPSA) is 99.4 Å². The van der Waals surface area contributed by atoms with Crippen LogP contribution in [-0.4, -0.2) is 32.7 Å². The number of hydrogen-bond acceptors (Lipinski definition) is 4. The molecule has 0 radical (unpaired) electrons. The number of rotatable bonds is 8. The number of anilines is 2. The van der Waals surface area contributed by atoms with Crippen molar-refractivity contribution in [3.05, 3.63) is 114 Å². The maximum atomic E-state index is 11.4. The second-order valence-corrected chi connectivity index (χ2v) is 7.26. The minimum atomic E-state index is -1.19. The predicted octanol–water partition coefficient (Wildman–Crippen LogP) is 4.37. The SMILES string of the molecule is O=C(O)Nc1cnn(CCO)c1NC(c1ccccc1)(c1ccccc1)c1ccccc1. The summed E-state index contributed by atoms with van der Waals surface area (Å²) in [7, 11) is 0. The average molecular weight is 428 g/mol. The van der Waals surface area contributed by atoms with Gasteiger partial charge in [0.1, 0.15) is 17.0 Å². The van der Waals surface area contributed by atoms with Gasteiger partial charge in [-0.3, -0.25) is 5.32 Å². The summed E-state index contributed by atoms with van der Waals surface area (Å²) in [5.74, 6) is 0.456. The van der Waals surface area contributed by atoms with Crippen molar-refractivity contribution in [2.24, 2.45) is 0 Å². The number of aliphatic hydroxyl groups is 1. The van der Waals surface area contributed by atoms with Gasteiger partial charge in [0.15, 0.2) is 0 Å². The maximum Gasteiger partial charge on any atom is 0.409 e. The molecule has 32 heavy (non-hydrogen) atoms. The van der Waals surface area contributed by atoms with Crippen molar-refractivity contribution in [3.63, 3.8) is 0 Å². The van der Waals surface area contributed by atoms with Crippen molar-refractivity contribution in [2.75, 3.05) is 17.2 Å². The van der Waals surface area contributed by atoms with E-state index in [-0.39, 0.29) is 13.2 Å². The third-order valence-corrected chi connectivity index (χ3v) is 5.32. The normalized spacial score (nSPS) is 11.2. The first kappa shape index (κ1) is 21.1. The van der Waals surface area contributed by atoms with E-state index in [1.54, 1.807) is 4.68 Å². The number of aromatic nitrogens is 2. The summed E-state index contributed by atoms with van der Waals surface area (Å²) in [5, 5.41) is 29.2. The van der Waals surface area contributed by atoms with E-state index in [2.05, 4.69) is 15.7 Å². The lowest BCUT2D eigenvalue weighted by Gasteiger charge is -2.38. The van der Waals surface area contributed by atoms with E-state index in [1.165, 1.54) is 6.20 Å². The van der Waals surface area contributed by atoms with Crippen LogP contribution in [0.1, 0.15) is 16.7 Å². The Kier molecular flexibility index (Phi) is 6.19. The fourth-order valence-corrected chi connectivity index (χ4v) is 3.95. The van der Waals surface area contributed by atoms with E-state index in [0.717, 1.165) is 16.7 Å². The molecule has 1 heterocycles. The second-order valence-electron chi connectivity index (χ2n) is 7.26. The van der Waals surface area contributed by atoms with E-state index >= 15 is 0 Å². The van der Waals surface area contributed by atoms with Gasteiger partial charge in [-0.25, -0.2) is 9.48 Å². The van der Waals surface area contributed by atoms with Gasteiger partial charge in [0.2, 0.25) is 0 Å². The molecule has 0 aliphatic rings. The van der Waals surface area contributed by atoms with Crippen LogP contribution in [0.2, 0.25) is 0 Å². The van der Waals surface area contributed by atoms with Crippen molar-refractivity contribution in [1.29, 1.82) is 0 Å². The molecular formula is C25H24N4O3. The van der Waals surface area contributed by atoms with Crippen LogP contribution in [0, 0.1) is 0 Å². The van der Waals surface area contributed by atoms with Crippen molar-refractivity contribution in [1.82, 2.24) is 9.78 Å². The van der Waals surface area contributed by atoms with Crippen LogP contribution in [-0.2, 0) is 12.1 Å². The van der Waals surface area contributed by atoms with Gasteiger partial charge < -0.3 is 15.5 Å². The van der Waals surface area contributed by atoms with Gasteiger partial charge in [0.05, 0.1) is 19.3 Å². The predicted molar refractivity (Wildman–Crippen MR) is 124 cm³/mol. The lowest BCUT2D eigenvalue weighted by molar-refractivity contribution is 0.210. The molecule has 7 heteroatoms. The Labute approximate surface area is 186 Å². The van der Waals surface area contributed by atoms with Crippen LogP contribution in [0.5, 0.6) is 0 Å². The summed E-state index contributed by atoms with van der Waals surface area (Å²) >= 11 is 0. The molecule has 0 spiro atoms. The van der Waals surface area contributed by atoms with Crippen molar-refractivity contribution in [3.8, 4) is 0 Å². The summed E-state index contributed by atoms with van der Waals surface area (Å²) in [5.41, 5.74) is 2.35. The Morgan fingerprint density at radius 3 is 1.72 bits per heavy atom. The summed E-state index contributed by atoms with van der Waals surface area (Å²) in [6.07, 6.45) is 0.249. The molecule has 0 atom stereocenters. The van der Waals surface area contributed by atoms with E-state index in [0.29, 0.717) is 11.5 Å². The third kappa shape index (κ3) is 4.06. The molecule has 0 unspecified atom stereocenters. The largest absolute Gasteiger partial charge is 0.465 e. The zero-order valence-corrected chi connectivity index (χ0v) is 17.3. The van der Waals surface area contributed by atoms with E-state index in [9.17, 15) is 15.0 Å². The van der Waals surface area contributed by atoms with E-state index in [4.69, 9.17) is 0 Å². The van der Waals surface area contributed by atoms with Gasteiger partial charge in [-0.05, 0) is 16.7 Å². The number of benzene rings is 3. The van der Waals surface area contributed by atoms with Gasteiger partial charge in [-0.15, -0.1) is 0 Å². The quantitative estimate of drug-likeness (QED) is 0.312. The van der Waals surface area contributed by atoms with E-state index in [1.807, 2.05) is 91.0 Å². The van der Waals surface area contributed by atoms with Crippen molar-refractivity contribution < 1.29 is 15.0 Å². The van der Waals surface area contributed by atoms with Gasteiger partial charge in [0, 0.05) is 0 Å². The maximum absolute atomic E-state index is 11.4. The molecule has 1 aromatic heterocycles. The first-order chi connectivity index (χ1) is 15.6. The third-order valence-electron chi connectivity index (χ3n) is 5.32. The lowest BCUT2D eigenvalue weighted by Crippen LogP contribution is -2.39. The highest BCUT2D eigenvalue weighted by Crippen LogP contribution is 2.41. The summed E-state index contributed by atoms with van der Waals surface area (Å²) < 4.78 is 1.56. The van der Waals surface area contributed by atoms with Crippen LogP contribution in [0.25, 0.3) is 0 Å². The molecular weight excluding hydrogens is 404 g/mol. The standard InChI is InChI=1S/C25H24N4O3/c30-17-16-29-23(22(18-26-29)27-24(31)32)28-25(19-10-4-1-5-11-19,20-12-6-2-7-13-20)21-14-8-3-9-15-21/h1-15,18,27-28,30H,16-17H2,(H,31,32). The lowest BCUT2D eigenvalue weighted by atomic mass is 9.77. The van der Waals surface area contributed by atoms with Crippen LogP contribution in [0.4, 0.5) is 16.3 Å². The van der Waals surface area contributed by atoms with Gasteiger partial charge in [-0.1, -0.05) is 91.0 Å². The first-order valence-electron chi connectivity index (χ1n) is 10.3. The average Bonchev–Trinajstić information content (AvgIpc) is 3.19. The second kappa shape index (κ2) is 9.36. The minimum absolute atomic E-state index is 0.141. The number of hydrogen-bond donors (Lipinski definition) is 4. The number of carboxylic acid groups (broad SMARTS) is 1. The smallest absolute Gasteiger partial charge is 0.409 e. The fourth-order valence-electron chi connectivity index (χ4n) is 3.95. The Morgan fingerprint density at radius 1 is 0.844 bits per heavy atom. The highest BCUT2D eigenvalue weighted by molar-refractivity contribution is 5.87. The number of aliphatic hydroxyl groups excluding tert-OH is 1. The molecule has 0 saturated carbocycles. The van der Waals surface area contributed by atoms with Crippen molar-refractivity contribution in [2.45, 2.75) is 12.1 Å². The van der Waals surface area contributed by atoms with Gasteiger partial charge in [-0.2, -0.15) is 5.10 Å². The zero-order valence-electron chi connectivity index (χ0n) is 17.3. The number of nitrogens with one attached hydrogen (secondary N) is 2. The monoisotopic (exact) mass is 428 g/mol. The van der Waals surface area contributed by atoms with Crippen molar-refractivity contribution >= 4 is 17.6 Å². The molecule has 4 rings (SSSR count). The molecule has 4 aromatic rings. The van der Waals surface area contributed by atoms with Crippen LogP contribution >= 0.6 is 0 Å². The highest BCUT2D eigenvalue weighted by atomic mass is 16.4. The Hall–Kier alpha value is -4.10. The summed E-state index contributed by atoms with van der Waals surface area (Å²) in [6.45, 7) is 0.0654. The Morgan fingerprint density at radius 2 is 1.31 bits per heavy atom. The highest BCUT2D eigenvalue weighted by Gasteiger charge is 2.38. The molecule has 7 nitrogen and oxygen atoms in total.